The second-order valence-corrected chi connectivity index (χ2v) is 5.33. The topological polar surface area (TPSA) is 0 Å². The average molecular weight is 226 g/mol. The molecule has 1 unspecified atom stereocenters. The molecule has 0 spiro atoms. The van der Waals surface area contributed by atoms with Gasteiger partial charge in [0.05, 0.1) is 0 Å². The van der Waals surface area contributed by atoms with E-state index in [-0.39, 0.29) is 0 Å². The molecule has 0 bridgehead atoms. The molecule has 0 amide bonds. The van der Waals surface area contributed by atoms with Gasteiger partial charge in [-0.3, -0.25) is 0 Å². The number of unbranched alkanes of at least 4 members (excludes halogenated alkanes) is 7. The molecule has 0 fully saturated rings. The second-order valence-electron chi connectivity index (χ2n) is 5.33. The van der Waals surface area contributed by atoms with Crippen molar-refractivity contribution in [1.82, 2.24) is 0 Å². The number of rotatable bonds is 12. The van der Waals surface area contributed by atoms with Crippen LogP contribution in [0.25, 0.3) is 0 Å². The third-order valence-corrected chi connectivity index (χ3v) is 3.76. The van der Waals surface area contributed by atoms with Gasteiger partial charge in [-0.05, 0) is 5.92 Å². The molecule has 0 heterocycles. The first-order valence-electron chi connectivity index (χ1n) is 7.85. The van der Waals surface area contributed by atoms with Crippen LogP contribution in [-0.2, 0) is 0 Å². The molecular formula is C16H34. The standard InChI is InChI=1S/C16H34/c1-4-7-9-10-11-13-15-16(6-3)14-12-8-5-2/h16H,4-15H2,1-3H3. The van der Waals surface area contributed by atoms with Crippen molar-refractivity contribution in [2.24, 2.45) is 5.92 Å². The third kappa shape index (κ3) is 10.5. The predicted molar refractivity (Wildman–Crippen MR) is 75.9 cm³/mol. The monoisotopic (exact) mass is 226 g/mol. The van der Waals surface area contributed by atoms with E-state index < -0.39 is 0 Å². The highest BCUT2D eigenvalue weighted by atomic mass is 14.1. The van der Waals surface area contributed by atoms with Crippen molar-refractivity contribution in [2.75, 3.05) is 0 Å². The lowest BCUT2D eigenvalue weighted by molar-refractivity contribution is 0.396. The first-order valence-corrected chi connectivity index (χ1v) is 7.85. The van der Waals surface area contributed by atoms with Gasteiger partial charge in [0.15, 0.2) is 0 Å². The van der Waals surface area contributed by atoms with Crippen LogP contribution < -0.4 is 0 Å². The van der Waals surface area contributed by atoms with E-state index >= 15 is 0 Å². The van der Waals surface area contributed by atoms with Gasteiger partial charge in [-0.2, -0.15) is 0 Å². The molecule has 0 nitrogen and oxygen atoms in total. The van der Waals surface area contributed by atoms with E-state index in [2.05, 4.69) is 20.8 Å². The van der Waals surface area contributed by atoms with E-state index in [1.54, 1.807) is 0 Å². The maximum Gasteiger partial charge on any atom is -0.0417 e. The maximum absolute atomic E-state index is 2.37. The van der Waals surface area contributed by atoms with Crippen LogP contribution >= 0.6 is 0 Å². The molecule has 98 valence electrons. The summed E-state index contributed by atoms with van der Waals surface area (Å²) in [5, 5.41) is 0. The van der Waals surface area contributed by atoms with E-state index in [0.29, 0.717) is 0 Å². The van der Waals surface area contributed by atoms with Gasteiger partial charge in [0.2, 0.25) is 0 Å². The molecule has 0 saturated heterocycles. The van der Waals surface area contributed by atoms with Gasteiger partial charge in [0, 0.05) is 0 Å². The minimum Gasteiger partial charge on any atom is -0.0654 e. The Morgan fingerprint density at radius 2 is 1.00 bits per heavy atom. The quantitative estimate of drug-likeness (QED) is 0.340. The third-order valence-electron chi connectivity index (χ3n) is 3.76. The number of hydrogen-bond acceptors (Lipinski definition) is 0. The van der Waals surface area contributed by atoms with Crippen molar-refractivity contribution in [3.05, 3.63) is 0 Å². The van der Waals surface area contributed by atoms with Crippen LogP contribution in [-0.4, -0.2) is 0 Å². The molecule has 0 rings (SSSR count). The summed E-state index contributed by atoms with van der Waals surface area (Å²) in [6.07, 6.45) is 17.3. The zero-order chi connectivity index (χ0) is 12.1. The molecule has 0 aromatic rings. The molecule has 0 aromatic heterocycles. The summed E-state index contributed by atoms with van der Waals surface area (Å²) in [5.74, 6) is 1.03. The molecule has 1 atom stereocenters. The summed E-state index contributed by atoms with van der Waals surface area (Å²) in [5.41, 5.74) is 0. The minimum atomic E-state index is 1.03. The molecule has 0 radical (unpaired) electrons. The normalized spacial score (nSPS) is 12.9. The van der Waals surface area contributed by atoms with Crippen molar-refractivity contribution in [3.8, 4) is 0 Å². The molecule has 0 N–H and O–H groups in total. The SMILES string of the molecule is CCCCCCCCC(CC)CCCCC. The molecular weight excluding hydrogens is 192 g/mol. The first-order chi connectivity index (χ1) is 7.85. The summed E-state index contributed by atoms with van der Waals surface area (Å²) >= 11 is 0. The Labute approximate surface area is 104 Å². The van der Waals surface area contributed by atoms with Crippen LogP contribution in [0.15, 0.2) is 0 Å². The van der Waals surface area contributed by atoms with Crippen molar-refractivity contribution in [3.63, 3.8) is 0 Å². The predicted octanol–water partition coefficient (Wildman–Crippen LogP) is 6.34. The Bertz CT molecular complexity index is 117. The first kappa shape index (κ1) is 16.0. The Morgan fingerprint density at radius 1 is 0.562 bits per heavy atom. The van der Waals surface area contributed by atoms with Crippen molar-refractivity contribution >= 4 is 0 Å². The highest BCUT2D eigenvalue weighted by Crippen LogP contribution is 2.20. The van der Waals surface area contributed by atoms with Crippen LogP contribution in [0.2, 0.25) is 0 Å². The Morgan fingerprint density at radius 3 is 1.56 bits per heavy atom. The van der Waals surface area contributed by atoms with E-state index in [0.717, 1.165) is 5.92 Å². The summed E-state index contributed by atoms with van der Waals surface area (Å²) in [4.78, 5) is 0. The van der Waals surface area contributed by atoms with Gasteiger partial charge in [0.1, 0.15) is 0 Å². The average Bonchev–Trinajstić information content (AvgIpc) is 2.31. The van der Waals surface area contributed by atoms with E-state index in [9.17, 15) is 0 Å². The fourth-order valence-corrected chi connectivity index (χ4v) is 2.45. The van der Waals surface area contributed by atoms with Crippen LogP contribution in [0.3, 0.4) is 0 Å². The Hall–Kier alpha value is 0. The van der Waals surface area contributed by atoms with Crippen molar-refractivity contribution in [2.45, 2.75) is 97.8 Å². The van der Waals surface area contributed by atoms with Crippen LogP contribution in [0.1, 0.15) is 97.8 Å². The molecule has 0 aliphatic carbocycles. The smallest absolute Gasteiger partial charge is 0.0417 e. The summed E-state index contributed by atoms with van der Waals surface area (Å²) in [6, 6.07) is 0. The summed E-state index contributed by atoms with van der Waals surface area (Å²) in [7, 11) is 0. The Kier molecular flexibility index (Phi) is 13.1. The van der Waals surface area contributed by atoms with Crippen LogP contribution in [0, 0.1) is 5.92 Å². The molecule has 0 heteroatoms. The summed E-state index contributed by atoms with van der Waals surface area (Å²) in [6.45, 7) is 6.96. The zero-order valence-electron chi connectivity index (χ0n) is 12.1. The van der Waals surface area contributed by atoms with Crippen LogP contribution in [0.5, 0.6) is 0 Å². The maximum atomic E-state index is 2.37. The van der Waals surface area contributed by atoms with Gasteiger partial charge in [0.25, 0.3) is 0 Å². The highest BCUT2D eigenvalue weighted by Gasteiger charge is 2.05. The van der Waals surface area contributed by atoms with E-state index in [1.165, 1.54) is 77.0 Å². The lowest BCUT2D eigenvalue weighted by Crippen LogP contribution is -1.99. The fourth-order valence-electron chi connectivity index (χ4n) is 2.45. The lowest BCUT2D eigenvalue weighted by Gasteiger charge is -2.14. The van der Waals surface area contributed by atoms with Gasteiger partial charge in [-0.25, -0.2) is 0 Å². The van der Waals surface area contributed by atoms with E-state index in [1.807, 2.05) is 0 Å². The molecule has 0 aliphatic heterocycles. The zero-order valence-corrected chi connectivity index (χ0v) is 12.1. The lowest BCUT2D eigenvalue weighted by atomic mass is 9.92. The fraction of sp³-hybridized carbons (Fsp3) is 1.00. The number of hydrogen-bond donors (Lipinski definition) is 0. The largest absolute Gasteiger partial charge is 0.0654 e. The Balaban J connectivity index is 3.26. The molecule has 0 aliphatic rings. The summed E-state index contributed by atoms with van der Waals surface area (Å²) < 4.78 is 0. The second kappa shape index (κ2) is 13.1. The minimum absolute atomic E-state index is 1.03. The highest BCUT2D eigenvalue weighted by molar-refractivity contribution is 4.58. The van der Waals surface area contributed by atoms with Crippen molar-refractivity contribution < 1.29 is 0 Å². The van der Waals surface area contributed by atoms with Gasteiger partial charge in [-0.15, -0.1) is 0 Å². The van der Waals surface area contributed by atoms with Crippen LogP contribution in [0.4, 0.5) is 0 Å². The van der Waals surface area contributed by atoms with Crippen molar-refractivity contribution in [1.29, 1.82) is 0 Å². The van der Waals surface area contributed by atoms with E-state index in [4.69, 9.17) is 0 Å². The molecule has 0 saturated carbocycles. The molecule has 0 aromatic carbocycles. The van der Waals surface area contributed by atoms with Gasteiger partial charge < -0.3 is 0 Å². The molecule has 16 heavy (non-hydrogen) atoms. The van der Waals surface area contributed by atoms with Gasteiger partial charge >= 0.3 is 0 Å². The van der Waals surface area contributed by atoms with Gasteiger partial charge in [-0.1, -0.05) is 97.8 Å².